The Hall–Kier alpha value is -3.30. The lowest BCUT2D eigenvalue weighted by atomic mass is 10.00. The molecule has 0 aliphatic rings. The first-order valence-corrected chi connectivity index (χ1v) is 13.0. The van der Waals surface area contributed by atoms with Crippen LogP contribution in [0.15, 0.2) is 24.3 Å². The molecule has 0 aliphatic carbocycles. The summed E-state index contributed by atoms with van der Waals surface area (Å²) in [4.78, 5) is 52.9. The summed E-state index contributed by atoms with van der Waals surface area (Å²) >= 11 is 0. The standard InChI is InChI=1S/C27H44N4O6/c1-6-8-12-18-31(23(24(34)29-17-9-7-2)19-13-10-11-14-21(19)32)25(35)20(15-16-22(28)33)30-26(36)37-27(3,4)5/h10-11,13-14,20,23,32H,6-9,12,15-18H2,1-5H3,(H2,28,33)(H,29,34)(H,30,36). The number of primary amides is 1. The van der Waals surface area contributed by atoms with Gasteiger partial charge in [-0.2, -0.15) is 0 Å². The van der Waals surface area contributed by atoms with Crippen molar-refractivity contribution in [3.05, 3.63) is 29.8 Å². The lowest BCUT2D eigenvalue weighted by molar-refractivity contribution is -0.143. The van der Waals surface area contributed by atoms with E-state index in [1.54, 1.807) is 39.0 Å². The van der Waals surface area contributed by atoms with Gasteiger partial charge in [0.15, 0.2) is 0 Å². The third-order valence-electron chi connectivity index (χ3n) is 5.58. The number of phenolic OH excluding ortho intramolecular Hbond substituents is 1. The monoisotopic (exact) mass is 520 g/mol. The molecule has 10 nitrogen and oxygen atoms in total. The Morgan fingerprint density at radius 3 is 2.27 bits per heavy atom. The third kappa shape index (κ3) is 11.5. The van der Waals surface area contributed by atoms with E-state index >= 15 is 0 Å². The van der Waals surface area contributed by atoms with Crippen LogP contribution in [0.5, 0.6) is 5.75 Å². The molecular weight excluding hydrogens is 476 g/mol. The van der Waals surface area contributed by atoms with Gasteiger partial charge >= 0.3 is 6.09 Å². The summed E-state index contributed by atoms with van der Waals surface area (Å²) in [5, 5.41) is 16.0. The number of carbonyl (C=O) groups is 4. The SMILES string of the molecule is CCCCCN(C(=O)C(CCC(N)=O)NC(=O)OC(C)(C)C)C(C(=O)NCCCC)c1ccccc1O. The lowest BCUT2D eigenvalue weighted by Crippen LogP contribution is -2.53. The van der Waals surface area contributed by atoms with Crippen molar-refractivity contribution in [3.63, 3.8) is 0 Å². The highest BCUT2D eigenvalue weighted by molar-refractivity contribution is 5.92. The quantitative estimate of drug-likeness (QED) is 0.260. The summed E-state index contributed by atoms with van der Waals surface area (Å²) in [5.74, 6) is -1.76. The van der Waals surface area contributed by atoms with Crippen molar-refractivity contribution in [2.75, 3.05) is 13.1 Å². The Bertz CT molecular complexity index is 899. The first kappa shape index (κ1) is 31.7. The molecule has 2 unspecified atom stereocenters. The van der Waals surface area contributed by atoms with Crippen LogP contribution in [0.1, 0.15) is 91.2 Å². The smallest absolute Gasteiger partial charge is 0.408 e. The number of hydrogen-bond acceptors (Lipinski definition) is 6. The number of alkyl carbamates (subject to hydrolysis) is 1. The number of benzene rings is 1. The van der Waals surface area contributed by atoms with Gasteiger partial charge in [0.25, 0.3) is 0 Å². The van der Waals surface area contributed by atoms with Crippen molar-refractivity contribution in [1.82, 2.24) is 15.5 Å². The van der Waals surface area contributed by atoms with Crippen molar-refractivity contribution < 1.29 is 29.0 Å². The maximum atomic E-state index is 14.0. The summed E-state index contributed by atoms with van der Waals surface area (Å²) in [6, 6.07) is 4.06. The number of hydrogen-bond donors (Lipinski definition) is 4. The molecule has 0 saturated heterocycles. The number of carbonyl (C=O) groups excluding carboxylic acids is 4. The van der Waals surface area contributed by atoms with Gasteiger partial charge in [0.05, 0.1) is 0 Å². The van der Waals surface area contributed by atoms with E-state index in [0.717, 1.165) is 25.7 Å². The zero-order valence-corrected chi connectivity index (χ0v) is 22.8. The Morgan fingerprint density at radius 1 is 1.05 bits per heavy atom. The normalized spacial score (nSPS) is 12.8. The van der Waals surface area contributed by atoms with Crippen molar-refractivity contribution in [2.45, 2.75) is 97.2 Å². The second-order valence-electron chi connectivity index (χ2n) is 10.0. The molecule has 1 aromatic rings. The molecule has 0 aliphatic heterocycles. The van der Waals surface area contributed by atoms with Crippen LogP contribution in [0.2, 0.25) is 0 Å². The fraction of sp³-hybridized carbons (Fsp3) is 0.630. The average molecular weight is 521 g/mol. The Labute approximate surface area is 220 Å². The number of rotatable bonds is 15. The van der Waals surface area contributed by atoms with E-state index in [4.69, 9.17) is 10.5 Å². The molecule has 0 spiro atoms. The molecule has 10 heteroatoms. The molecule has 4 amide bonds. The molecule has 1 rings (SSSR count). The number of aromatic hydroxyl groups is 1. The maximum absolute atomic E-state index is 14.0. The zero-order chi connectivity index (χ0) is 28.0. The molecule has 0 aromatic heterocycles. The molecule has 37 heavy (non-hydrogen) atoms. The fourth-order valence-electron chi connectivity index (χ4n) is 3.75. The molecule has 0 fully saturated rings. The van der Waals surface area contributed by atoms with Gasteiger partial charge in [-0.3, -0.25) is 14.4 Å². The van der Waals surface area contributed by atoms with Crippen LogP contribution in [-0.4, -0.2) is 58.6 Å². The summed E-state index contributed by atoms with van der Waals surface area (Å²) in [6.07, 6.45) is 2.87. The van der Waals surface area contributed by atoms with Gasteiger partial charge in [-0.1, -0.05) is 51.3 Å². The van der Waals surface area contributed by atoms with Crippen LogP contribution >= 0.6 is 0 Å². The van der Waals surface area contributed by atoms with E-state index in [1.807, 2.05) is 13.8 Å². The third-order valence-corrected chi connectivity index (χ3v) is 5.58. The van der Waals surface area contributed by atoms with E-state index in [0.29, 0.717) is 13.0 Å². The van der Waals surface area contributed by atoms with Crippen LogP contribution in [-0.2, 0) is 19.1 Å². The van der Waals surface area contributed by atoms with Gasteiger partial charge in [-0.25, -0.2) is 4.79 Å². The van der Waals surface area contributed by atoms with Gasteiger partial charge in [0, 0.05) is 25.1 Å². The average Bonchev–Trinajstić information content (AvgIpc) is 2.80. The van der Waals surface area contributed by atoms with Crippen LogP contribution in [0, 0.1) is 0 Å². The van der Waals surface area contributed by atoms with Crippen molar-refractivity contribution >= 4 is 23.8 Å². The lowest BCUT2D eigenvalue weighted by Gasteiger charge is -2.34. The molecule has 5 N–H and O–H groups in total. The highest BCUT2D eigenvalue weighted by atomic mass is 16.6. The number of phenols is 1. The van der Waals surface area contributed by atoms with Crippen LogP contribution in [0.4, 0.5) is 4.79 Å². The number of nitrogens with zero attached hydrogens (tertiary/aromatic N) is 1. The minimum absolute atomic E-state index is 0.0668. The topological polar surface area (TPSA) is 151 Å². The predicted molar refractivity (Wildman–Crippen MR) is 142 cm³/mol. The van der Waals surface area contributed by atoms with Crippen LogP contribution in [0.25, 0.3) is 0 Å². The number of ether oxygens (including phenoxy) is 1. The molecule has 1 aromatic carbocycles. The largest absolute Gasteiger partial charge is 0.508 e. The van der Waals surface area contributed by atoms with E-state index in [9.17, 15) is 24.3 Å². The highest BCUT2D eigenvalue weighted by Gasteiger charge is 2.37. The molecule has 2 atom stereocenters. The molecule has 0 heterocycles. The van der Waals surface area contributed by atoms with E-state index < -0.39 is 41.5 Å². The summed E-state index contributed by atoms with van der Waals surface area (Å²) in [5.41, 5.74) is 4.79. The second kappa shape index (κ2) is 15.7. The number of unbranched alkanes of at least 4 members (excludes halogenated alkanes) is 3. The minimum Gasteiger partial charge on any atom is -0.508 e. The summed E-state index contributed by atoms with van der Waals surface area (Å²) in [6.45, 7) is 9.71. The highest BCUT2D eigenvalue weighted by Crippen LogP contribution is 2.30. The molecule has 0 bridgehead atoms. The van der Waals surface area contributed by atoms with Gasteiger partial charge in [-0.15, -0.1) is 0 Å². The van der Waals surface area contributed by atoms with E-state index in [-0.39, 0.29) is 30.7 Å². The van der Waals surface area contributed by atoms with Gasteiger partial charge in [0.2, 0.25) is 17.7 Å². The van der Waals surface area contributed by atoms with Crippen LogP contribution < -0.4 is 16.4 Å². The Morgan fingerprint density at radius 2 is 1.70 bits per heavy atom. The molecule has 0 radical (unpaired) electrons. The van der Waals surface area contributed by atoms with E-state index in [2.05, 4.69) is 10.6 Å². The van der Waals surface area contributed by atoms with Gasteiger partial charge in [0.1, 0.15) is 23.4 Å². The zero-order valence-electron chi connectivity index (χ0n) is 22.8. The van der Waals surface area contributed by atoms with Gasteiger partial charge in [-0.05, 0) is 46.1 Å². The van der Waals surface area contributed by atoms with Crippen molar-refractivity contribution in [2.24, 2.45) is 5.73 Å². The molecular formula is C27H44N4O6. The number of nitrogens with two attached hydrogens (primary N) is 1. The van der Waals surface area contributed by atoms with Gasteiger partial charge < -0.3 is 31.1 Å². The van der Waals surface area contributed by atoms with Crippen molar-refractivity contribution in [3.8, 4) is 5.75 Å². The maximum Gasteiger partial charge on any atom is 0.408 e. The second-order valence-corrected chi connectivity index (χ2v) is 10.0. The van der Waals surface area contributed by atoms with E-state index in [1.165, 1.54) is 11.0 Å². The fourth-order valence-corrected chi connectivity index (χ4v) is 3.75. The first-order valence-electron chi connectivity index (χ1n) is 13.0. The minimum atomic E-state index is -1.17. The van der Waals surface area contributed by atoms with Crippen LogP contribution in [0.3, 0.4) is 0 Å². The summed E-state index contributed by atoms with van der Waals surface area (Å²) in [7, 11) is 0. The van der Waals surface area contributed by atoms with Crippen molar-refractivity contribution in [1.29, 1.82) is 0 Å². The number of para-hydroxylation sites is 1. The predicted octanol–water partition coefficient (Wildman–Crippen LogP) is 3.53. The number of amides is 4. The Kier molecular flexibility index (Phi) is 13.5. The molecule has 0 saturated carbocycles. The summed E-state index contributed by atoms with van der Waals surface area (Å²) < 4.78 is 5.32. The molecule has 208 valence electrons. The Balaban J connectivity index is 3.47. The number of nitrogens with one attached hydrogen (secondary N) is 2. The first-order chi connectivity index (χ1) is 17.4.